The smallest absolute Gasteiger partial charge is 0.407 e. The minimum Gasteiger partial charge on any atom is -0.465 e. The first-order valence-corrected chi connectivity index (χ1v) is 7.66. The molecule has 0 radical (unpaired) electrons. The zero-order valence-corrected chi connectivity index (χ0v) is 13.6. The van der Waals surface area contributed by atoms with E-state index in [1.807, 2.05) is 12.1 Å². The second-order valence-electron chi connectivity index (χ2n) is 4.71. The average molecular weight is 385 g/mol. The second-order valence-corrected chi connectivity index (χ2v) is 5.94. The molecule has 0 aliphatic carbocycles. The Labute approximate surface area is 139 Å². The summed E-state index contributed by atoms with van der Waals surface area (Å²) in [5.41, 5.74) is 1.47. The summed E-state index contributed by atoms with van der Waals surface area (Å²) in [6, 6.07) is 5.37. The van der Waals surface area contributed by atoms with E-state index >= 15 is 0 Å². The fourth-order valence-electron chi connectivity index (χ4n) is 2.24. The third kappa shape index (κ3) is 2.86. The zero-order valence-electron chi connectivity index (χ0n) is 11.3. The predicted octanol–water partition coefficient (Wildman–Crippen LogP) is 3.72. The summed E-state index contributed by atoms with van der Waals surface area (Å²) in [6.45, 7) is 0.619. The minimum absolute atomic E-state index is 0.232. The van der Waals surface area contributed by atoms with Crippen molar-refractivity contribution in [2.75, 3.05) is 6.54 Å². The Morgan fingerprint density at radius 2 is 2.23 bits per heavy atom. The highest BCUT2D eigenvalue weighted by Crippen LogP contribution is 2.36. The van der Waals surface area contributed by atoms with Crippen LogP contribution in [-0.2, 0) is 13.0 Å². The Morgan fingerprint density at radius 1 is 1.41 bits per heavy atom. The lowest BCUT2D eigenvalue weighted by Gasteiger charge is -2.26. The normalized spacial score (nSPS) is 13.6. The van der Waals surface area contributed by atoms with E-state index in [9.17, 15) is 4.79 Å². The Kier molecular flexibility index (Phi) is 4.17. The lowest BCUT2D eigenvalue weighted by atomic mass is 10.1. The molecule has 0 bridgehead atoms. The molecule has 8 heteroatoms. The summed E-state index contributed by atoms with van der Waals surface area (Å²) in [7, 11) is 0. The standard InChI is InChI=1S/C14H11BrClN3O3/c15-9-2-1-3-11(12(9)16)22-13-8-4-5-19(14(20)21)6-10(8)17-7-18-13/h1-3,7H,4-6H2,(H,20,21). The third-order valence-corrected chi connectivity index (χ3v) is 4.64. The van der Waals surface area contributed by atoms with Crippen molar-refractivity contribution in [3.05, 3.63) is 45.3 Å². The number of carbonyl (C=O) groups is 1. The maximum atomic E-state index is 11.1. The average Bonchev–Trinajstić information content (AvgIpc) is 2.51. The van der Waals surface area contributed by atoms with Crippen molar-refractivity contribution in [3.63, 3.8) is 0 Å². The molecule has 1 aromatic carbocycles. The Balaban J connectivity index is 1.92. The molecule has 0 spiro atoms. The molecular weight excluding hydrogens is 374 g/mol. The van der Waals surface area contributed by atoms with Crippen molar-refractivity contribution in [1.82, 2.24) is 14.9 Å². The molecule has 0 saturated heterocycles. The van der Waals surface area contributed by atoms with Crippen LogP contribution >= 0.6 is 27.5 Å². The van der Waals surface area contributed by atoms with Gasteiger partial charge in [0.2, 0.25) is 5.88 Å². The number of amides is 1. The maximum absolute atomic E-state index is 11.1. The second kappa shape index (κ2) is 6.10. The minimum atomic E-state index is -0.957. The van der Waals surface area contributed by atoms with E-state index in [1.165, 1.54) is 11.2 Å². The quantitative estimate of drug-likeness (QED) is 0.854. The van der Waals surface area contributed by atoms with Crippen molar-refractivity contribution < 1.29 is 14.6 Å². The molecule has 0 saturated carbocycles. The third-order valence-electron chi connectivity index (χ3n) is 3.36. The molecule has 1 N–H and O–H groups in total. The number of aromatic nitrogens is 2. The van der Waals surface area contributed by atoms with Crippen molar-refractivity contribution in [3.8, 4) is 11.6 Å². The first-order chi connectivity index (χ1) is 10.6. The number of halogens is 2. The first-order valence-electron chi connectivity index (χ1n) is 6.48. The van der Waals surface area contributed by atoms with Crippen molar-refractivity contribution >= 4 is 33.6 Å². The van der Waals surface area contributed by atoms with Crippen molar-refractivity contribution in [1.29, 1.82) is 0 Å². The van der Waals surface area contributed by atoms with Crippen LogP contribution in [0.2, 0.25) is 5.02 Å². The van der Waals surface area contributed by atoms with Crippen LogP contribution in [0.4, 0.5) is 4.79 Å². The summed E-state index contributed by atoms with van der Waals surface area (Å²) in [6.07, 6.45) is 0.913. The van der Waals surface area contributed by atoms with Gasteiger partial charge in [0.05, 0.1) is 17.3 Å². The number of carboxylic acid groups (broad SMARTS) is 1. The number of hydrogen-bond acceptors (Lipinski definition) is 4. The van der Waals surface area contributed by atoms with Crippen LogP contribution in [0.25, 0.3) is 0 Å². The van der Waals surface area contributed by atoms with Gasteiger partial charge in [0.1, 0.15) is 12.1 Å². The van der Waals surface area contributed by atoms with Crippen LogP contribution in [0.1, 0.15) is 11.3 Å². The summed E-state index contributed by atoms with van der Waals surface area (Å²) in [4.78, 5) is 20.7. The molecule has 22 heavy (non-hydrogen) atoms. The number of fused-ring (bicyclic) bond motifs is 1. The van der Waals surface area contributed by atoms with E-state index in [2.05, 4.69) is 25.9 Å². The molecule has 3 rings (SSSR count). The van der Waals surface area contributed by atoms with Gasteiger partial charge in [-0.1, -0.05) is 17.7 Å². The molecule has 2 aromatic rings. The highest BCUT2D eigenvalue weighted by molar-refractivity contribution is 9.10. The highest BCUT2D eigenvalue weighted by Gasteiger charge is 2.25. The van der Waals surface area contributed by atoms with Crippen LogP contribution in [0.5, 0.6) is 11.6 Å². The SMILES string of the molecule is O=C(O)N1CCc2c(ncnc2Oc2cccc(Br)c2Cl)C1. The first kappa shape index (κ1) is 15.1. The molecule has 1 aliphatic heterocycles. The Bertz CT molecular complexity index is 741. The van der Waals surface area contributed by atoms with Gasteiger partial charge < -0.3 is 14.7 Å². The highest BCUT2D eigenvalue weighted by atomic mass is 79.9. The van der Waals surface area contributed by atoms with Crippen LogP contribution in [-0.4, -0.2) is 32.6 Å². The summed E-state index contributed by atoms with van der Waals surface area (Å²) >= 11 is 9.53. The van der Waals surface area contributed by atoms with Crippen LogP contribution in [0.15, 0.2) is 29.0 Å². The molecule has 1 aliphatic rings. The largest absolute Gasteiger partial charge is 0.465 e. The maximum Gasteiger partial charge on any atom is 0.407 e. The molecule has 1 aromatic heterocycles. The Hall–Kier alpha value is -1.86. The molecule has 0 fully saturated rings. The summed E-state index contributed by atoms with van der Waals surface area (Å²) < 4.78 is 6.53. The van der Waals surface area contributed by atoms with Crippen LogP contribution in [0.3, 0.4) is 0 Å². The molecule has 114 valence electrons. The lowest BCUT2D eigenvalue weighted by Crippen LogP contribution is -2.35. The topological polar surface area (TPSA) is 75.5 Å². The van der Waals surface area contributed by atoms with Gasteiger partial charge in [-0.05, 0) is 34.5 Å². The van der Waals surface area contributed by atoms with Crippen LogP contribution < -0.4 is 4.74 Å². The van der Waals surface area contributed by atoms with E-state index in [4.69, 9.17) is 21.4 Å². The van der Waals surface area contributed by atoms with Gasteiger partial charge in [0.15, 0.2) is 0 Å². The van der Waals surface area contributed by atoms with Gasteiger partial charge in [-0.15, -0.1) is 0 Å². The fraction of sp³-hybridized carbons (Fsp3) is 0.214. The van der Waals surface area contributed by atoms with Gasteiger partial charge in [0.25, 0.3) is 0 Å². The summed E-state index contributed by atoms with van der Waals surface area (Å²) in [5, 5.41) is 9.52. The van der Waals surface area contributed by atoms with Crippen LogP contribution in [0, 0.1) is 0 Å². The fourth-order valence-corrected chi connectivity index (χ4v) is 2.76. The molecular formula is C14H11BrClN3O3. The van der Waals surface area contributed by atoms with Crippen molar-refractivity contribution in [2.45, 2.75) is 13.0 Å². The van der Waals surface area contributed by atoms with E-state index in [-0.39, 0.29) is 6.54 Å². The molecule has 6 nitrogen and oxygen atoms in total. The van der Waals surface area contributed by atoms with E-state index in [0.29, 0.717) is 35.3 Å². The summed E-state index contributed by atoms with van der Waals surface area (Å²) in [5.74, 6) is 0.896. The lowest BCUT2D eigenvalue weighted by molar-refractivity contribution is 0.138. The van der Waals surface area contributed by atoms with E-state index in [0.717, 1.165) is 10.0 Å². The number of ether oxygens (including phenoxy) is 1. The van der Waals surface area contributed by atoms with Gasteiger partial charge in [0, 0.05) is 16.6 Å². The number of hydrogen-bond donors (Lipinski definition) is 1. The zero-order chi connectivity index (χ0) is 15.7. The molecule has 0 unspecified atom stereocenters. The van der Waals surface area contributed by atoms with Gasteiger partial charge in [-0.25, -0.2) is 14.8 Å². The van der Waals surface area contributed by atoms with Gasteiger partial charge in [-0.2, -0.15) is 0 Å². The molecule has 1 amide bonds. The van der Waals surface area contributed by atoms with E-state index < -0.39 is 6.09 Å². The van der Waals surface area contributed by atoms with Gasteiger partial charge >= 0.3 is 6.09 Å². The van der Waals surface area contributed by atoms with Crippen molar-refractivity contribution in [2.24, 2.45) is 0 Å². The van der Waals surface area contributed by atoms with E-state index in [1.54, 1.807) is 6.07 Å². The number of nitrogens with zero attached hydrogens (tertiary/aromatic N) is 3. The Morgan fingerprint density at radius 3 is 3.00 bits per heavy atom. The number of rotatable bonds is 2. The molecule has 2 heterocycles. The number of benzene rings is 1. The molecule has 0 atom stereocenters. The van der Waals surface area contributed by atoms with Gasteiger partial charge in [-0.3, -0.25) is 0 Å². The predicted molar refractivity (Wildman–Crippen MR) is 83.4 cm³/mol. The monoisotopic (exact) mass is 383 g/mol.